The molecule has 0 bridgehead atoms. The summed E-state index contributed by atoms with van der Waals surface area (Å²) in [6.45, 7) is 2.29. The number of hydrogen-bond acceptors (Lipinski definition) is 6. The highest BCUT2D eigenvalue weighted by molar-refractivity contribution is 7.13. The minimum atomic E-state index is -0.672. The van der Waals surface area contributed by atoms with Gasteiger partial charge in [0.25, 0.3) is 11.5 Å². The normalized spacial score (nSPS) is 13.5. The molecule has 9 heteroatoms. The van der Waals surface area contributed by atoms with Gasteiger partial charge in [-0.15, -0.1) is 11.3 Å². The van der Waals surface area contributed by atoms with Crippen LogP contribution in [0.2, 0.25) is 0 Å². The highest BCUT2D eigenvalue weighted by atomic mass is 32.1. The second-order valence-electron chi connectivity index (χ2n) is 8.12. The Balaban J connectivity index is 1.75. The van der Waals surface area contributed by atoms with Crippen molar-refractivity contribution >= 4 is 28.7 Å². The molecule has 33 heavy (non-hydrogen) atoms. The Hall–Kier alpha value is -3.46. The predicted octanol–water partition coefficient (Wildman–Crippen LogP) is 3.47. The third kappa shape index (κ3) is 5.14. The number of aryl methyl sites for hydroxylation is 1. The van der Waals surface area contributed by atoms with Crippen LogP contribution in [0.15, 0.2) is 57.8 Å². The van der Waals surface area contributed by atoms with Gasteiger partial charge in [0.2, 0.25) is 0 Å². The third-order valence-electron chi connectivity index (χ3n) is 5.79. The van der Waals surface area contributed by atoms with Gasteiger partial charge in [-0.05, 0) is 44.6 Å². The number of allylic oxidation sites excluding steroid dienone is 1. The summed E-state index contributed by atoms with van der Waals surface area (Å²) in [4.78, 5) is 47.4. The van der Waals surface area contributed by atoms with Gasteiger partial charge in [-0.2, -0.15) is 0 Å². The molecular weight excluding hydrogens is 438 g/mol. The van der Waals surface area contributed by atoms with Gasteiger partial charge < -0.3 is 5.73 Å². The van der Waals surface area contributed by atoms with Crippen LogP contribution in [0.3, 0.4) is 0 Å². The molecule has 0 fully saturated rings. The summed E-state index contributed by atoms with van der Waals surface area (Å²) in [6.07, 6.45) is 8.68. The van der Waals surface area contributed by atoms with Crippen LogP contribution >= 0.6 is 11.3 Å². The summed E-state index contributed by atoms with van der Waals surface area (Å²) in [6, 6.07) is 9.35. The molecule has 0 spiro atoms. The number of aromatic nitrogens is 3. The first kappa shape index (κ1) is 22.7. The zero-order chi connectivity index (χ0) is 23.4. The largest absolute Gasteiger partial charge is 0.383 e. The molecule has 0 radical (unpaired) electrons. The SMILES string of the molecule is Cc1ncc(C(=O)N(CCC2=CCCCC2)c2c(N)n(Cc3ccccc3)c(=O)[nH]c2=O)s1. The monoisotopic (exact) mass is 465 g/mol. The maximum absolute atomic E-state index is 13.5. The summed E-state index contributed by atoms with van der Waals surface area (Å²) in [5, 5.41) is 0.754. The van der Waals surface area contributed by atoms with Gasteiger partial charge in [-0.1, -0.05) is 42.0 Å². The smallest absolute Gasteiger partial charge is 0.330 e. The van der Waals surface area contributed by atoms with Crippen molar-refractivity contribution in [3.05, 3.63) is 84.5 Å². The Morgan fingerprint density at radius 1 is 1.24 bits per heavy atom. The summed E-state index contributed by atoms with van der Waals surface area (Å²) < 4.78 is 1.30. The Bertz CT molecular complexity index is 1290. The molecule has 1 aliphatic carbocycles. The van der Waals surface area contributed by atoms with Crippen molar-refractivity contribution in [2.75, 3.05) is 17.2 Å². The van der Waals surface area contributed by atoms with E-state index in [0.29, 0.717) is 17.8 Å². The molecule has 0 unspecified atom stereocenters. The van der Waals surface area contributed by atoms with Crippen LogP contribution in [-0.4, -0.2) is 27.0 Å². The Kier molecular flexibility index (Phi) is 6.88. The molecule has 3 aromatic rings. The lowest BCUT2D eigenvalue weighted by Gasteiger charge is -2.25. The standard InChI is InChI=1S/C24H27N5O3S/c1-16-26-14-19(33-16)23(31)28(13-12-17-8-4-2-5-9-17)20-21(25)29(24(32)27-22(20)30)15-18-10-6-3-7-11-18/h3,6-8,10-11,14H,2,4-5,9,12-13,15,25H2,1H3,(H,27,30,32). The summed E-state index contributed by atoms with van der Waals surface area (Å²) in [5.74, 6) is -0.376. The van der Waals surface area contributed by atoms with Crippen molar-refractivity contribution < 1.29 is 4.79 Å². The fourth-order valence-electron chi connectivity index (χ4n) is 4.06. The summed E-state index contributed by atoms with van der Waals surface area (Å²) in [5.41, 5.74) is 7.23. The van der Waals surface area contributed by atoms with Gasteiger partial charge in [0.05, 0.1) is 17.7 Å². The van der Waals surface area contributed by atoms with Crippen LogP contribution in [0, 0.1) is 6.92 Å². The number of carbonyl (C=O) groups is 1. The Morgan fingerprint density at radius 2 is 2.03 bits per heavy atom. The number of thiazole rings is 1. The van der Waals surface area contributed by atoms with E-state index < -0.39 is 11.2 Å². The lowest BCUT2D eigenvalue weighted by molar-refractivity contribution is 0.0990. The molecule has 1 aliphatic rings. The highest BCUT2D eigenvalue weighted by Crippen LogP contribution is 2.26. The van der Waals surface area contributed by atoms with E-state index in [0.717, 1.165) is 29.8 Å². The van der Waals surface area contributed by atoms with E-state index in [1.807, 2.05) is 37.3 Å². The van der Waals surface area contributed by atoms with Crippen molar-refractivity contribution in [1.29, 1.82) is 0 Å². The van der Waals surface area contributed by atoms with Crippen LogP contribution in [0.5, 0.6) is 0 Å². The molecule has 0 saturated carbocycles. The molecule has 0 saturated heterocycles. The molecule has 3 N–H and O–H groups in total. The number of nitrogens with two attached hydrogens (primary N) is 1. The van der Waals surface area contributed by atoms with Gasteiger partial charge in [0, 0.05) is 6.54 Å². The quantitative estimate of drug-likeness (QED) is 0.519. The molecule has 0 atom stereocenters. The first-order valence-electron chi connectivity index (χ1n) is 11.0. The summed E-state index contributed by atoms with van der Waals surface area (Å²) in [7, 11) is 0. The van der Waals surface area contributed by atoms with E-state index in [4.69, 9.17) is 5.73 Å². The van der Waals surface area contributed by atoms with Gasteiger partial charge >= 0.3 is 5.69 Å². The van der Waals surface area contributed by atoms with E-state index in [-0.39, 0.29) is 24.0 Å². The highest BCUT2D eigenvalue weighted by Gasteiger charge is 2.27. The van der Waals surface area contributed by atoms with Gasteiger partial charge in [-0.3, -0.25) is 24.0 Å². The molecular formula is C24H27N5O3S. The van der Waals surface area contributed by atoms with Gasteiger partial charge in [-0.25, -0.2) is 9.78 Å². The first-order chi connectivity index (χ1) is 15.9. The van der Waals surface area contributed by atoms with Crippen molar-refractivity contribution in [3.63, 3.8) is 0 Å². The number of aromatic amines is 1. The zero-order valence-corrected chi connectivity index (χ0v) is 19.4. The molecule has 1 amide bonds. The van der Waals surface area contributed by atoms with E-state index >= 15 is 0 Å². The Labute approximate surface area is 195 Å². The Morgan fingerprint density at radius 3 is 2.70 bits per heavy atom. The van der Waals surface area contributed by atoms with Crippen LogP contribution < -0.4 is 21.9 Å². The number of benzene rings is 1. The van der Waals surface area contributed by atoms with E-state index in [1.54, 1.807) is 0 Å². The van der Waals surface area contributed by atoms with Gasteiger partial charge in [0.15, 0.2) is 5.69 Å². The number of hydrogen-bond donors (Lipinski definition) is 2. The number of H-pyrrole nitrogens is 1. The van der Waals surface area contributed by atoms with Gasteiger partial charge in [0.1, 0.15) is 10.7 Å². The fraction of sp³-hybridized carbons (Fsp3) is 0.333. The van der Waals surface area contributed by atoms with Crippen LogP contribution in [0.25, 0.3) is 0 Å². The average molecular weight is 466 g/mol. The van der Waals surface area contributed by atoms with E-state index in [1.165, 1.54) is 39.0 Å². The number of amides is 1. The molecule has 4 rings (SSSR count). The number of nitrogen functional groups attached to an aromatic ring is 1. The number of nitrogens with zero attached hydrogens (tertiary/aromatic N) is 3. The van der Waals surface area contributed by atoms with Crippen molar-refractivity contribution in [1.82, 2.24) is 14.5 Å². The third-order valence-corrected chi connectivity index (χ3v) is 6.69. The average Bonchev–Trinajstić information content (AvgIpc) is 3.26. The minimum absolute atomic E-state index is 0.00186. The molecule has 1 aromatic carbocycles. The number of rotatable bonds is 7. The second kappa shape index (κ2) is 9.99. The van der Waals surface area contributed by atoms with Crippen LogP contribution in [0.1, 0.15) is 52.3 Å². The van der Waals surface area contributed by atoms with E-state index in [2.05, 4.69) is 16.0 Å². The maximum atomic E-state index is 13.5. The van der Waals surface area contributed by atoms with Crippen LogP contribution in [-0.2, 0) is 6.54 Å². The number of nitrogens with one attached hydrogen (secondary N) is 1. The second-order valence-corrected chi connectivity index (χ2v) is 9.36. The zero-order valence-electron chi connectivity index (χ0n) is 18.5. The van der Waals surface area contributed by atoms with Crippen molar-refractivity contribution in [2.24, 2.45) is 0 Å². The van der Waals surface area contributed by atoms with Crippen molar-refractivity contribution in [3.8, 4) is 0 Å². The molecule has 2 heterocycles. The lowest BCUT2D eigenvalue weighted by Crippen LogP contribution is -2.41. The molecule has 0 aliphatic heterocycles. The molecule has 2 aromatic heterocycles. The molecule has 8 nitrogen and oxygen atoms in total. The predicted molar refractivity (Wildman–Crippen MR) is 131 cm³/mol. The first-order valence-corrected chi connectivity index (χ1v) is 11.8. The number of anilines is 2. The van der Waals surface area contributed by atoms with Crippen LogP contribution in [0.4, 0.5) is 11.5 Å². The molecule has 172 valence electrons. The van der Waals surface area contributed by atoms with Crippen molar-refractivity contribution in [2.45, 2.75) is 45.6 Å². The summed E-state index contributed by atoms with van der Waals surface area (Å²) >= 11 is 1.26. The van der Waals surface area contributed by atoms with E-state index in [9.17, 15) is 14.4 Å². The topological polar surface area (TPSA) is 114 Å². The number of carbonyl (C=O) groups excluding carboxylic acids is 1. The fourth-order valence-corrected chi connectivity index (χ4v) is 4.78. The maximum Gasteiger partial charge on any atom is 0.330 e. The minimum Gasteiger partial charge on any atom is -0.383 e. The lowest BCUT2D eigenvalue weighted by atomic mass is 9.97.